The maximum absolute atomic E-state index is 13.8. The number of carbonyl (C=O) groups excluding carboxylic acids is 1. The Morgan fingerprint density at radius 1 is 1.27 bits per heavy atom. The van der Waals surface area contributed by atoms with E-state index >= 15 is 0 Å². The quantitative estimate of drug-likeness (QED) is 0.624. The van der Waals surface area contributed by atoms with Crippen LogP contribution in [0.15, 0.2) is 46.7 Å². The van der Waals surface area contributed by atoms with Gasteiger partial charge in [0.1, 0.15) is 16.8 Å². The molecule has 0 radical (unpaired) electrons. The van der Waals surface area contributed by atoms with Crippen molar-refractivity contribution >= 4 is 39.0 Å². The Balaban J connectivity index is 2.03. The van der Waals surface area contributed by atoms with Gasteiger partial charge in [0.2, 0.25) is 15.9 Å². The monoisotopic (exact) mass is 416 g/mol. The van der Waals surface area contributed by atoms with E-state index in [9.17, 15) is 17.6 Å². The molecule has 5 nitrogen and oxygen atoms in total. The summed E-state index contributed by atoms with van der Waals surface area (Å²) in [6.45, 7) is 0.413. The van der Waals surface area contributed by atoms with E-state index in [-0.39, 0.29) is 0 Å². The molecule has 0 saturated carbocycles. The topological polar surface area (TPSA) is 75.3 Å². The summed E-state index contributed by atoms with van der Waals surface area (Å²) < 4.78 is 41.1. The zero-order chi connectivity index (χ0) is 19.0. The molecule has 1 amide bonds. The van der Waals surface area contributed by atoms with Crippen molar-refractivity contribution < 1.29 is 17.6 Å². The third-order valence-electron chi connectivity index (χ3n) is 3.60. The maximum atomic E-state index is 13.8. The lowest BCUT2D eigenvalue weighted by atomic mass is 10.2. The third-order valence-corrected chi connectivity index (χ3v) is 6.69. The van der Waals surface area contributed by atoms with E-state index in [4.69, 9.17) is 0 Å². The van der Waals surface area contributed by atoms with E-state index < -0.39 is 32.7 Å². The van der Waals surface area contributed by atoms with Gasteiger partial charge in [0.05, 0.1) is 0 Å². The van der Waals surface area contributed by atoms with Gasteiger partial charge in [0.15, 0.2) is 0 Å². The number of carbonyl (C=O) groups is 1. The molecule has 1 heterocycles. The molecule has 2 rings (SSSR count). The fourth-order valence-corrected chi connectivity index (χ4v) is 4.77. The summed E-state index contributed by atoms with van der Waals surface area (Å²) in [5.41, 5.74) is 0. The van der Waals surface area contributed by atoms with Gasteiger partial charge in [-0.05, 0) is 48.4 Å². The Morgan fingerprint density at radius 2 is 2.04 bits per heavy atom. The molecule has 142 valence electrons. The molecule has 0 bridgehead atoms. The highest BCUT2D eigenvalue weighted by molar-refractivity contribution is 7.98. The first kappa shape index (κ1) is 20.9. The Bertz CT molecular complexity index is 810. The summed E-state index contributed by atoms with van der Waals surface area (Å²) in [6, 6.07) is 8.07. The van der Waals surface area contributed by atoms with E-state index in [1.807, 2.05) is 23.8 Å². The largest absolute Gasteiger partial charge is 0.354 e. The number of amides is 1. The van der Waals surface area contributed by atoms with Crippen LogP contribution >= 0.6 is 23.1 Å². The molecule has 0 saturated heterocycles. The van der Waals surface area contributed by atoms with Gasteiger partial charge < -0.3 is 5.32 Å². The zero-order valence-corrected chi connectivity index (χ0v) is 16.7. The third kappa shape index (κ3) is 6.08. The number of rotatable bonds is 10. The fourth-order valence-electron chi connectivity index (χ4n) is 2.28. The van der Waals surface area contributed by atoms with Crippen molar-refractivity contribution in [1.29, 1.82) is 0 Å². The molecular formula is C17H21FN2O3S3. The number of sulfonamides is 1. The number of hydrogen-bond donors (Lipinski definition) is 2. The molecule has 1 aromatic carbocycles. The smallest absolute Gasteiger partial charge is 0.244 e. The lowest BCUT2D eigenvalue weighted by molar-refractivity contribution is -0.122. The van der Waals surface area contributed by atoms with Crippen LogP contribution in [0.3, 0.4) is 0 Å². The first-order valence-corrected chi connectivity index (χ1v) is 11.8. The van der Waals surface area contributed by atoms with E-state index in [0.717, 1.165) is 10.9 Å². The second kappa shape index (κ2) is 10.1. The molecule has 0 aliphatic carbocycles. The van der Waals surface area contributed by atoms with Crippen LogP contribution in [0.2, 0.25) is 0 Å². The summed E-state index contributed by atoms with van der Waals surface area (Å²) in [5, 5.41) is 4.72. The minimum atomic E-state index is -4.13. The van der Waals surface area contributed by atoms with E-state index in [2.05, 4.69) is 10.0 Å². The molecule has 1 aromatic heterocycles. The van der Waals surface area contributed by atoms with E-state index in [0.29, 0.717) is 25.1 Å². The summed E-state index contributed by atoms with van der Waals surface area (Å²) in [4.78, 5) is 13.1. The van der Waals surface area contributed by atoms with E-state index in [1.165, 1.54) is 30.0 Å². The molecule has 0 aliphatic heterocycles. The number of thiophene rings is 1. The van der Waals surface area contributed by atoms with Crippen molar-refractivity contribution in [2.45, 2.75) is 23.8 Å². The van der Waals surface area contributed by atoms with Crippen molar-refractivity contribution in [3.05, 3.63) is 52.5 Å². The highest BCUT2D eigenvalue weighted by atomic mass is 32.2. The summed E-state index contributed by atoms with van der Waals surface area (Å²) in [5.74, 6) is -0.653. The van der Waals surface area contributed by atoms with Gasteiger partial charge in [0, 0.05) is 11.4 Å². The van der Waals surface area contributed by atoms with Crippen LogP contribution in [0, 0.1) is 5.82 Å². The lowest BCUT2D eigenvalue weighted by Crippen LogP contribution is -2.47. The predicted octanol–water partition coefficient (Wildman–Crippen LogP) is 2.65. The Hall–Kier alpha value is -1.42. The lowest BCUT2D eigenvalue weighted by Gasteiger charge is -2.18. The average Bonchev–Trinajstić information content (AvgIpc) is 3.12. The van der Waals surface area contributed by atoms with Crippen molar-refractivity contribution in [3.8, 4) is 0 Å². The molecule has 0 fully saturated rings. The normalized spacial score (nSPS) is 12.7. The highest BCUT2D eigenvalue weighted by Crippen LogP contribution is 2.15. The minimum absolute atomic E-state index is 0.319. The van der Waals surface area contributed by atoms with Crippen LogP contribution in [0.5, 0.6) is 0 Å². The molecule has 0 spiro atoms. The number of hydrogen-bond acceptors (Lipinski definition) is 5. The second-order valence-corrected chi connectivity index (χ2v) is 9.21. The van der Waals surface area contributed by atoms with Crippen LogP contribution < -0.4 is 10.0 Å². The van der Waals surface area contributed by atoms with Crippen LogP contribution in [0.1, 0.15) is 11.3 Å². The van der Waals surface area contributed by atoms with Crippen LogP contribution in [0.4, 0.5) is 4.39 Å². The molecule has 26 heavy (non-hydrogen) atoms. The molecule has 0 aliphatic rings. The first-order chi connectivity index (χ1) is 12.4. The second-order valence-electron chi connectivity index (χ2n) is 5.51. The number of nitrogens with one attached hydrogen (secondary N) is 2. The van der Waals surface area contributed by atoms with Gasteiger partial charge in [0.25, 0.3) is 0 Å². The van der Waals surface area contributed by atoms with Crippen LogP contribution in [-0.4, -0.2) is 38.9 Å². The van der Waals surface area contributed by atoms with Crippen molar-refractivity contribution in [2.24, 2.45) is 0 Å². The van der Waals surface area contributed by atoms with Crippen molar-refractivity contribution in [2.75, 3.05) is 18.6 Å². The summed E-state index contributed by atoms with van der Waals surface area (Å²) in [6.07, 6.45) is 2.87. The Kier molecular flexibility index (Phi) is 8.08. The zero-order valence-electron chi connectivity index (χ0n) is 14.3. The first-order valence-electron chi connectivity index (χ1n) is 8.00. The van der Waals surface area contributed by atoms with Gasteiger partial charge >= 0.3 is 0 Å². The van der Waals surface area contributed by atoms with Gasteiger partial charge in [-0.1, -0.05) is 18.2 Å². The highest BCUT2D eigenvalue weighted by Gasteiger charge is 2.27. The fraction of sp³-hybridized carbons (Fsp3) is 0.353. The van der Waals surface area contributed by atoms with Gasteiger partial charge in [-0.3, -0.25) is 4.79 Å². The SMILES string of the molecule is CSCCC(NS(=O)(=O)c1ccccc1F)C(=O)NCCc1cccs1. The van der Waals surface area contributed by atoms with Gasteiger partial charge in [-0.25, -0.2) is 12.8 Å². The number of halogens is 1. The number of benzene rings is 1. The maximum Gasteiger partial charge on any atom is 0.244 e. The molecule has 2 aromatic rings. The Morgan fingerprint density at radius 3 is 2.69 bits per heavy atom. The molecular weight excluding hydrogens is 395 g/mol. The summed E-state index contributed by atoms with van der Waals surface area (Å²) >= 11 is 3.10. The van der Waals surface area contributed by atoms with Crippen LogP contribution in [-0.2, 0) is 21.2 Å². The van der Waals surface area contributed by atoms with Crippen molar-refractivity contribution in [3.63, 3.8) is 0 Å². The number of thioether (sulfide) groups is 1. The van der Waals surface area contributed by atoms with E-state index in [1.54, 1.807) is 11.3 Å². The van der Waals surface area contributed by atoms with Gasteiger partial charge in [-0.2, -0.15) is 16.5 Å². The van der Waals surface area contributed by atoms with Crippen LogP contribution in [0.25, 0.3) is 0 Å². The molecule has 2 N–H and O–H groups in total. The predicted molar refractivity (Wildman–Crippen MR) is 105 cm³/mol. The average molecular weight is 417 g/mol. The molecule has 9 heteroatoms. The molecule has 1 atom stereocenters. The van der Waals surface area contributed by atoms with Gasteiger partial charge in [-0.15, -0.1) is 11.3 Å². The standard InChI is InChI=1S/C17H21FN2O3S3/c1-24-12-9-15(17(21)19-10-8-13-5-4-11-25-13)20-26(22,23)16-7-3-2-6-14(16)18/h2-7,11,15,20H,8-10,12H2,1H3,(H,19,21). The Labute approximate surface area is 161 Å². The molecule has 1 unspecified atom stereocenters. The summed E-state index contributed by atoms with van der Waals surface area (Å²) in [7, 11) is -4.13. The minimum Gasteiger partial charge on any atom is -0.354 e. The van der Waals surface area contributed by atoms with Crippen molar-refractivity contribution in [1.82, 2.24) is 10.0 Å².